The van der Waals surface area contributed by atoms with Gasteiger partial charge in [-0.1, -0.05) is 39.0 Å². The van der Waals surface area contributed by atoms with Gasteiger partial charge in [0.05, 0.1) is 25.0 Å². The Bertz CT molecular complexity index is 1060. The maximum Gasteiger partial charge on any atom is 0.263 e. The third-order valence-electron chi connectivity index (χ3n) is 5.05. The summed E-state index contributed by atoms with van der Waals surface area (Å²) >= 11 is 0. The van der Waals surface area contributed by atoms with Crippen LogP contribution < -0.4 is 19.1 Å². The van der Waals surface area contributed by atoms with Gasteiger partial charge < -0.3 is 14.8 Å². The third kappa shape index (κ3) is 5.70. The van der Waals surface area contributed by atoms with Gasteiger partial charge in [-0.3, -0.25) is 9.10 Å². The van der Waals surface area contributed by atoms with Gasteiger partial charge in [-0.15, -0.1) is 0 Å². The highest BCUT2D eigenvalue weighted by Crippen LogP contribution is 2.38. The van der Waals surface area contributed by atoms with E-state index in [4.69, 9.17) is 9.47 Å². The standard InChI is InChI=1S/C23H30N2O5S/c1-16-7-6-8-18(13-16)29-12-11-24-22(26)21-15-25(31(5,27)28)19-14-17(23(2,3)4)9-10-20(19)30-21/h6-10,13-14,21H,11-12,15H2,1-5H3,(H,24,26). The zero-order valence-corrected chi connectivity index (χ0v) is 19.5. The Labute approximate surface area is 184 Å². The van der Waals surface area contributed by atoms with Gasteiger partial charge in [-0.2, -0.15) is 0 Å². The van der Waals surface area contributed by atoms with Crippen LogP contribution in [0, 0.1) is 6.92 Å². The number of sulfonamides is 1. The lowest BCUT2D eigenvalue weighted by atomic mass is 9.86. The fourth-order valence-corrected chi connectivity index (χ4v) is 4.24. The van der Waals surface area contributed by atoms with Crippen molar-refractivity contribution in [2.45, 2.75) is 39.2 Å². The van der Waals surface area contributed by atoms with Crippen LogP contribution in [0.2, 0.25) is 0 Å². The van der Waals surface area contributed by atoms with E-state index >= 15 is 0 Å². The molecule has 0 fully saturated rings. The highest BCUT2D eigenvalue weighted by atomic mass is 32.2. The van der Waals surface area contributed by atoms with Gasteiger partial charge in [-0.25, -0.2) is 8.42 Å². The topological polar surface area (TPSA) is 84.9 Å². The van der Waals surface area contributed by atoms with Gasteiger partial charge in [0, 0.05) is 0 Å². The summed E-state index contributed by atoms with van der Waals surface area (Å²) in [5, 5.41) is 2.77. The van der Waals surface area contributed by atoms with E-state index in [1.165, 1.54) is 4.31 Å². The van der Waals surface area contributed by atoms with Gasteiger partial charge >= 0.3 is 0 Å². The lowest BCUT2D eigenvalue weighted by molar-refractivity contribution is -0.127. The van der Waals surface area contributed by atoms with E-state index in [1.54, 1.807) is 6.07 Å². The van der Waals surface area contributed by atoms with Crippen LogP contribution in [0.15, 0.2) is 42.5 Å². The molecule has 8 heteroatoms. The van der Waals surface area contributed by atoms with E-state index in [2.05, 4.69) is 26.1 Å². The quantitative estimate of drug-likeness (QED) is 0.690. The molecule has 0 saturated carbocycles. The largest absolute Gasteiger partial charge is 0.492 e. The molecule has 168 valence electrons. The van der Waals surface area contributed by atoms with E-state index < -0.39 is 16.1 Å². The summed E-state index contributed by atoms with van der Waals surface area (Å²) in [6.07, 6.45) is 0.193. The molecular weight excluding hydrogens is 416 g/mol. The Morgan fingerprint density at radius 3 is 2.61 bits per heavy atom. The minimum Gasteiger partial charge on any atom is -0.492 e. The van der Waals surface area contributed by atoms with Crippen molar-refractivity contribution in [3.8, 4) is 11.5 Å². The smallest absolute Gasteiger partial charge is 0.263 e. The number of carbonyl (C=O) groups excluding carboxylic acids is 1. The first kappa shape index (κ1) is 22.9. The van der Waals surface area contributed by atoms with E-state index in [0.29, 0.717) is 18.0 Å². The van der Waals surface area contributed by atoms with E-state index in [9.17, 15) is 13.2 Å². The third-order valence-corrected chi connectivity index (χ3v) is 6.19. The normalized spacial score (nSPS) is 16.3. The molecule has 1 atom stereocenters. The number of nitrogens with zero attached hydrogens (tertiary/aromatic N) is 1. The molecule has 1 N–H and O–H groups in total. The zero-order valence-electron chi connectivity index (χ0n) is 18.6. The molecule has 7 nitrogen and oxygen atoms in total. The molecule has 1 aliphatic heterocycles. The molecule has 1 heterocycles. The lowest BCUT2D eigenvalue weighted by Crippen LogP contribution is -2.51. The summed E-state index contributed by atoms with van der Waals surface area (Å²) < 4.78 is 37.6. The molecule has 2 aromatic carbocycles. The Morgan fingerprint density at radius 2 is 1.97 bits per heavy atom. The number of amides is 1. The number of fused-ring (bicyclic) bond motifs is 1. The first-order chi connectivity index (χ1) is 14.4. The highest BCUT2D eigenvalue weighted by molar-refractivity contribution is 7.92. The first-order valence-corrected chi connectivity index (χ1v) is 12.1. The zero-order chi connectivity index (χ0) is 22.8. The predicted octanol–water partition coefficient (Wildman–Crippen LogP) is 3.01. The molecule has 1 aliphatic rings. The minimum absolute atomic E-state index is 0.0794. The SMILES string of the molecule is Cc1cccc(OCCNC(=O)C2CN(S(C)(=O)=O)c3cc(C(C)(C)C)ccc3O2)c1. The van der Waals surface area contributed by atoms with Crippen LogP contribution >= 0.6 is 0 Å². The van der Waals surface area contributed by atoms with Crippen LogP contribution in [0.4, 0.5) is 5.69 Å². The lowest BCUT2D eigenvalue weighted by Gasteiger charge is -2.35. The number of aryl methyl sites for hydroxylation is 1. The van der Waals surface area contributed by atoms with Crippen molar-refractivity contribution in [2.24, 2.45) is 0 Å². The van der Waals surface area contributed by atoms with Crippen molar-refractivity contribution in [3.63, 3.8) is 0 Å². The summed E-state index contributed by atoms with van der Waals surface area (Å²) in [6, 6.07) is 13.1. The van der Waals surface area contributed by atoms with Crippen LogP contribution in [0.3, 0.4) is 0 Å². The number of benzene rings is 2. The average Bonchev–Trinajstić information content (AvgIpc) is 2.68. The number of nitrogens with one attached hydrogen (secondary N) is 1. The Balaban J connectivity index is 1.68. The van der Waals surface area contributed by atoms with Gasteiger partial charge in [0.2, 0.25) is 10.0 Å². The predicted molar refractivity (Wildman–Crippen MR) is 121 cm³/mol. The van der Waals surface area contributed by atoms with E-state index in [0.717, 1.165) is 23.1 Å². The Kier molecular flexibility index (Phi) is 6.50. The second-order valence-electron chi connectivity index (χ2n) is 8.79. The number of carbonyl (C=O) groups is 1. The van der Waals surface area contributed by atoms with Gasteiger partial charge in [0.1, 0.15) is 18.1 Å². The maximum absolute atomic E-state index is 12.7. The minimum atomic E-state index is -3.58. The van der Waals surface area contributed by atoms with Crippen molar-refractivity contribution < 1.29 is 22.7 Å². The molecular formula is C23H30N2O5S. The molecule has 0 aliphatic carbocycles. The Hall–Kier alpha value is -2.74. The number of hydrogen-bond acceptors (Lipinski definition) is 5. The molecule has 1 unspecified atom stereocenters. The molecule has 1 amide bonds. The second kappa shape index (κ2) is 8.78. The summed E-state index contributed by atoms with van der Waals surface area (Å²) in [4.78, 5) is 12.7. The number of ether oxygens (including phenoxy) is 2. The number of anilines is 1. The van der Waals surface area contributed by atoms with Crippen molar-refractivity contribution >= 4 is 21.6 Å². The summed E-state index contributed by atoms with van der Waals surface area (Å²) in [5.41, 5.74) is 2.39. The van der Waals surface area contributed by atoms with Crippen LogP contribution in [0.25, 0.3) is 0 Å². The number of hydrogen-bond donors (Lipinski definition) is 1. The van der Waals surface area contributed by atoms with Crippen LogP contribution in [-0.2, 0) is 20.2 Å². The van der Waals surface area contributed by atoms with Crippen molar-refractivity contribution in [3.05, 3.63) is 53.6 Å². The molecule has 0 saturated heterocycles. The van der Waals surface area contributed by atoms with Gasteiger partial charge in [0.15, 0.2) is 6.10 Å². The number of rotatable bonds is 6. The van der Waals surface area contributed by atoms with Crippen LogP contribution in [0.5, 0.6) is 11.5 Å². The van der Waals surface area contributed by atoms with Gasteiger partial charge in [0.25, 0.3) is 5.91 Å². The highest BCUT2D eigenvalue weighted by Gasteiger charge is 2.35. The summed E-state index contributed by atoms with van der Waals surface area (Å²) in [5.74, 6) is 0.725. The summed E-state index contributed by atoms with van der Waals surface area (Å²) in [6.45, 7) is 8.63. The molecule has 3 rings (SSSR count). The maximum atomic E-state index is 12.7. The van der Waals surface area contributed by atoms with Crippen LogP contribution in [-0.4, -0.2) is 46.4 Å². The molecule has 31 heavy (non-hydrogen) atoms. The van der Waals surface area contributed by atoms with Crippen molar-refractivity contribution in [1.29, 1.82) is 0 Å². The first-order valence-electron chi connectivity index (χ1n) is 10.2. The molecule has 0 bridgehead atoms. The van der Waals surface area contributed by atoms with Crippen LogP contribution in [0.1, 0.15) is 31.9 Å². The fourth-order valence-electron chi connectivity index (χ4n) is 3.33. The molecule has 0 spiro atoms. The molecule has 0 radical (unpaired) electrons. The molecule has 2 aromatic rings. The summed E-state index contributed by atoms with van der Waals surface area (Å²) in [7, 11) is -3.58. The van der Waals surface area contributed by atoms with Gasteiger partial charge in [-0.05, 0) is 47.7 Å². The van der Waals surface area contributed by atoms with E-state index in [1.807, 2.05) is 43.3 Å². The average molecular weight is 447 g/mol. The fraction of sp³-hybridized carbons (Fsp3) is 0.435. The van der Waals surface area contributed by atoms with Crippen molar-refractivity contribution in [2.75, 3.05) is 30.3 Å². The molecule has 0 aromatic heterocycles. The van der Waals surface area contributed by atoms with E-state index in [-0.39, 0.29) is 24.4 Å². The second-order valence-corrected chi connectivity index (χ2v) is 10.7. The Morgan fingerprint density at radius 1 is 1.23 bits per heavy atom. The van der Waals surface area contributed by atoms with Crippen molar-refractivity contribution in [1.82, 2.24) is 5.32 Å². The monoisotopic (exact) mass is 446 g/mol.